The molecule has 2 heterocycles. The van der Waals surface area contributed by atoms with Crippen LogP contribution in [0.25, 0.3) is 0 Å². The van der Waals surface area contributed by atoms with E-state index in [1.54, 1.807) is 13.1 Å². The first-order chi connectivity index (χ1) is 9.97. The number of ketones is 1. The number of nitrogens with zero attached hydrogens (tertiary/aromatic N) is 3. The number of rotatable bonds is 3. The Hall–Kier alpha value is -1.88. The second-order valence-corrected chi connectivity index (χ2v) is 6.19. The number of hydrogen-bond acceptors (Lipinski definition) is 4. The zero-order chi connectivity index (χ0) is 15.1. The molecule has 0 N–H and O–H groups in total. The number of likely N-dealkylation sites (N-methyl/N-ethyl adjacent to an activating group) is 1. The lowest BCUT2D eigenvalue weighted by molar-refractivity contribution is -0.114. The van der Waals surface area contributed by atoms with Gasteiger partial charge in [-0.3, -0.25) is 9.59 Å². The molecule has 5 nitrogen and oxygen atoms in total. The van der Waals surface area contributed by atoms with Gasteiger partial charge in [-0.05, 0) is 44.1 Å². The van der Waals surface area contributed by atoms with Crippen LogP contribution >= 0.6 is 0 Å². The summed E-state index contributed by atoms with van der Waals surface area (Å²) in [6.07, 6.45) is 1.22. The van der Waals surface area contributed by atoms with Crippen molar-refractivity contribution in [3.05, 3.63) is 23.8 Å². The molecule has 1 saturated heterocycles. The molecule has 1 unspecified atom stereocenters. The van der Waals surface area contributed by atoms with Crippen molar-refractivity contribution in [1.29, 1.82) is 0 Å². The van der Waals surface area contributed by atoms with Crippen LogP contribution in [-0.4, -0.2) is 57.4 Å². The van der Waals surface area contributed by atoms with Gasteiger partial charge in [0, 0.05) is 32.9 Å². The number of fused-ring (bicyclic) bond motifs is 1. The van der Waals surface area contributed by atoms with E-state index < -0.39 is 11.7 Å². The molecule has 21 heavy (non-hydrogen) atoms. The molecule has 1 amide bonds. The van der Waals surface area contributed by atoms with E-state index in [0.29, 0.717) is 11.5 Å². The molecular formula is C16H21N3O2. The summed E-state index contributed by atoms with van der Waals surface area (Å²) in [6, 6.07) is 5.64. The highest BCUT2D eigenvalue weighted by atomic mass is 16.2. The van der Waals surface area contributed by atoms with E-state index in [2.05, 4.69) is 23.9 Å². The Balaban J connectivity index is 1.78. The quantitative estimate of drug-likeness (QED) is 0.785. The fraction of sp³-hybridized carbons (Fsp3) is 0.500. The van der Waals surface area contributed by atoms with Gasteiger partial charge in [-0.2, -0.15) is 0 Å². The van der Waals surface area contributed by atoms with Gasteiger partial charge in [-0.1, -0.05) is 0 Å². The molecule has 2 aliphatic rings. The van der Waals surface area contributed by atoms with Gasteiger partial charge in [0.1, 0.15) is 0 Å². The highest BCUT2D eigenvalue weighted by Gasteiger charge is 2.33. The summed E-state index contributed by atoms with van der Waals surface area (Å²) in [5.74, 6) is -0.171. The number of anilines is 2. The van der Waals surface area contributed by atoms with E-state index in [1.807, 2.05) is 12.1 Å². The Morgan fingerprint density at radius 1 is 1.29 bits per heavy atom. The van der Waals surface area contributed by atoms with Crippen LogP contribution in [0.1, 0.15) is 16.8 Å². The predicted octanol–water partition coefficient (Wildman–Crippen LogP) is 1.23. The summed E-state index contributed by atoms with van der Waals surface area (Å²) in [5, 5.41) is 0. The van der Waals surface area contributed by atoms with Gasteiger partial charge in [-0.15, -0.1) is 0 Å². The zero-order valence-electron chi connectivity index (χ0n) is 12.8. The van der Waals surface area contributed by atoms with Crippen molar-refractivity contribution in [2.24, 2.45) is 5.92 Å². The molecule has 1 atom stereocenters. The number of hydrogen-bond donors (Lipinski definition) is 0. The normalized spacial score (nSPS) is 22.0. The average Bonchev–Trinajstić information content (AvgIpc) is 2.97. The highest BCUT2D eigenvalue weighted by Crippen LogP contribution is 2.32. The third-order valence-corrected chi connectivity index (χ3v) is 4.55. The number of likely N-dealkylation sites (tertiary alicyclic amines) is 1. The standard InChI is InChI=1S/C16H21N3O2/c1-17-7-6-11(9-17)10-18(2)12-4-5-13-14(8-12)19(3)16(21)15(13)20/h4-5,8,11H,6-7,9-10H2,1-3H3. The maximum Gasteiger partial charge on any atom is 0.299 e. The van der Waals surface area contributed by atoms with E-state index in [4.69, 9.17) is 0 Å². The van der Waals surface area contributed by atoms with Crippen molar-refractivity contribution >= 4 is 23.1 Å². The molecule has 3 rings (SSSR count). The minimum atomic E-state index is -0.442. The van der Waals surface area contributed by atoms with Gasteiger partial charge < -0.3 is 14.7 Å². The monoisotopic (exact) mass is 287 g/mol. The molecule has 5 heteroatoms. The fourth-order valence-corrected chi connectivity index (χ4v) is 3.27. The molecule has 1 aromatic carbocycles. The van der Waals surface area contributed by atoms with Gasteiger partial charge in [-0.25, -0.2) is 0 Å². The van der Waals surface area contributed by atoms with E-state index in [1.165, 1.54) is 11.3 Å². The van der Waals surface area contributed by atoms with Crippen molar-refractivity contribution in [1.82, 2.24) is 4.90 Å². The van der Waals surface area contributed by atoms with Gasteiger partial charge in [0.05, 0.1) is 11.3 Å². The molecule has 0 spiro atoms. The van der Waals surface area contributed by atoms with Gasteiger partial charge in [0.25, 0.3) is 11.7 Å². The Labute approximate surface area is 125 Å². The number of benzene rings is 1. The van der Waals surface area contributed by atoms with Crippen LogP contribution in [0, 0.1) is 5.92 Å². The van der Waals surface area contributed by atoms with Gasteiger partial charge in [0.15, 0.2) is 0 Å². The Morgan fingerprint density at radius 2 is 2.05 bits per heavy atom. The summed E-state index contributed by atoms with van der Waals surface area (Å²) in [7, 11) is 5.88. The number of carbonyl (C=O) groups excluding carboxylic acids is 2. The SMILES string of the molecule is CN1CCC(CN(C)c2ccc3c(c2)N(C)C(=O)C3=O)C1. The van der Waals surface area contributed by atoms with Crippen LogP contribution in [0.4, 0.5) is 11.4 Å². The first-order valence-electron chi connectivity index (χ1n) is 7.33. The molecule has 0 bridgehead atoms. The van der Waals surface area contributed by atoms with Gasteiger partial charge >= 0.3 is 0 Å². The molecular weight excluding hydrogens is 266 g/mol. The zero-order valence-corrected chi connectivity index (χ0v) is 12.8. The average molecular weight is 287 g/mol. The summed E-state index contributed by atoms with van der Waals surface area (Å²) >= 11 is 0. The predicted molar refractivity (Wildman–Crippen MR) is 83.1 cm³/mol. The smallest absolute Gasteiger partial charge is 0.299 e. The van der Waals surface area contributed by atoms with E-state index in [9.17, 15) is 9.59 Å². The number of amides is 1. The van der Waals surface area contributed by atoms with Crippen molar-refractivity contribution in [3.8, 4) is 0 Å². The van der Waals surface area contributed by atoms with Crippen LogP contribution in [0.2, 0.25) is 0 Å². The van der Waals surface area contributed by atoms with Gasteiger partial charge in [0.2, 0.25) is 0 Å². The van der Waals surface area contributed by atoms with Crippen LogP contribution in [0.3, 0.4) is 0 Å². The molecule has 0 radical (unpaired) electrons. The van der Waals surface area contributed by atoms with Crippen LogP contribution in [0.5, 0.6) is 0 Å². The molecule has 112 valence electrons. The van der Waals surface area contributed by atoms with E-state index in [0.717, 1.165) is 31.0 Å². The van der Waals surface area contributed by atoms with Crippen molar-refractivity contribution in [2.45, 2.75) is 6.42 Å². The highest BCUT2D eigenvalue weighted by molar-refractivity contribution is 6.52. The lowest BCUT2D eigenvalue weighted by Gasteiger charge is -2.24. The Bertz CT molecular complexity index is 599. The van der Waals surface area contributed by atoms with Crippen molar-refractivity contribution in [2.75, 3.05) is 50.6 Å². The summed E-state index contributed by atoms with van der Waals surface area (Å²) in [5.41, 5.74) is 2.29. The molecule has 0 aromatic heterocycles. The Kier molecular flexibility index (Phi) is 3.45. The molecule has 0 aliphatic carbocycles. The first-order valence-corrected chi connectivity index (χ1v) is 7.33. The van der Waals surface area contributed by atoms with Crippen LogP contribution in [-0.2, 0) is 4.79 Å². The van der Waals surface area contributed by atoms with Crippen molar-refractivity contribution < 1.29 is 9.59 Å². The lowest BCUT2D eigenvalue weighted by Crippen LogP contribution is -2.27. The van der Waals surface area contributed by atoms with Crippen molar-refractivity contribution in [3.63, 3.8) is 0 Å². The maximum atomic E-state index is 11.8. The topological polar surface area (TPSA) is 43.9 Å². The molecule has 1 fully saturated rings. The van der Waals surface area contributed by atoms with Crippen LogP contribution < -0.4 is 9.80 Å². The molecule has 2 aliphatic heterocycles. The first kappa shape index (κ1) is 14.1. The minimum Gasteiger partial charge on any atom is -0.374 e. The number of Topliss-reactive ketones (excluding diaryl/α,β-unsaturated/α-hetero) is 1. The van der Waals surface area contributed by atoms with Crippen LogP contribution in [0.15, 0.2) is 18.2 Å². The maximum absolute atomic E-state index is 11.8. The fourth-order valence-electron chi connectivity index (χ4n) is 3.27. The number of carbonyl (C=O) groups is 2. The summed E-state index contributed by atoms with van der Waals surface area (Å²) in [6.45, 7) is 3.29. The summed E-state index contributed by atoms with van der Waals surface area (Å²) < 4.78 is 0. The third-order valence-electron chi connectivity index (χ3n) is 4.55. The van der Waals surface area contributed by atoms with E-state index >= 15 is 0 Å². The third kappa shape index (κ3) is 2.42. The lowest BCUT2D eigenvalue weighted by atomic mass is 10.1. The second-order valence-electron chi connectivity index (χ2n) is 6.19. The molecule has 0 saturated carbocycles. The molecule has 1 aromatic rings. The summed E-state index contributed by atoms with van der Waals surface area (Å²) in [4.78, 5) is 29.5. The second kappa shape index (κ2) is 5.15. The largest absolute Gasteiger partial charge is 0.374 e. The minimum absolute atomic E-state index is 0.404. The van der Waals surface area contributed by atoms with E-state index in [-0.39, 0.29) is 0 Å². The Morgan fingerprint density at radius 3 is 2.71 bits per heavy atom.